The van der Waals surface area contributed by atoms with Gasteiger partial charge in [-0.15, -0.1) is 0 Å². The second kappa shape index (κ2) is 14.4. The zero-order valence-electron chi connectivity index (χ0n) is 22.1. The van der Waals surface area contributed by atoms with Crippen LogP contribution in [0.1, 0.15) is 22.7 Å². The lowest BCUT2D eigenvalue weighted by Crippen LogP contribution is -2.45. The third-order valence-electron chi connectivity index (χ3n) is 6.32. The largest absolute Gasteiger partial charge is 0.497 e. The molecule has 0 saturated carbocycles. The van der Waals surface area contributed by atoms with Gasteiger partial charge in [0.1, 0.15) is 17.5 Å². The van der Waals surface area contributed by atoms with E-state index in [2.05, 4.69) is 5.32 Å². The quantitative estimate of drug-likeness (QED) is 0.209. The third-order valence-corrected chi connectivity index (χ3v) is 6.89. The molecule has 0 aliphatic carbocycles. The first-order chi connectivity index (χ1) is 19.4. The average molecular weight is 578 g/mol. The standard InChI is InChI=1S/C32H30Cl2N2O4/c1-39-27-17-13-23(14-18-27)19-20-35-32(38)31(25-7-3-2-4-8-25)36(21-24-11-15-26(33)16-12-24)30(37)22-40-29-10-6-5-9-28(29)34/h2-18,31H,19-22H2,1H3,(H,35,38). The minimum atomic E-state index is -0.893. The van der Waals surface area contributed by atoms with Crippen LogP contribution in [0, 0.1) is 0 Å². The Kier molecular flexibility index (Phi) is 10.4. The summed E-state index contributed by atoms with van der Waals surface area (Å²) in [6, 6.07) is 30.2. The van der Waals surface area contributed by atoms with Crippen molar-refractivity contribution in [3.05, 3.63) is 130 Å². The lowest BCUT2D eigenvalue weighted by atomic mass is 10.0. The van der Waals surface area contributed by atoms with Crippen LogP contribution in [0.25, 0.3) is 0 Å². The van der Waals surface area contributed by atoms with E-state index in [0.29, 0.717) is 34.3 Å². The molecule has 6 nitrogen and oxygen atoms in total. The number of nitrogens with one attached hydrogen (secondary N) is 1. The maximum atomic E-state index is 13.7. The zero-order valence-corrected chi connectivity index (χ0v) is 23.6. The van der Waals surface area contributed by atoms with Gasteiger partial charge in [-0.25, -0.2) is 0 Å². The van der Waals surface area contributed by atoms with Crippen molar-refractivity contribution >= 4 is 35.0 Å². The molecule has 1 unspecified atom stereocenters. The number of ether oxygens (including phenoxy) is 2. The van der Waals surface area contributed by atoms with E-state index in [1.807, 2.05) is 66.7 Å². The molecule has 40 heavy (non-hydrogen) atoms. The van der Waals surface area contributed by atoms with Crippen LogP contribution in [0.5, 0.6) is 11.5 Å². The van der Waals surface area contributed by atoms with E-state index >= 15 is 0 Å². The van der Waals surface area contributed by atoms with Crippen LogP contribution >= 0.6 is 23.2 Å². The summed E-state index contributed by atoms with van der Waals surface area (Å²) < 4.78 is 11.0. The molecule has 0 aromatic heterocycles. The summed E-state index contributed by atoms with van der Waals surface area (Å²) in [5, 5.41) is 4.01. The first-order valence-corrected chi connectivity index (χ1v) is 13.6. The van der Waals surface area contributed by atoms with Gasteiger partial charge in [0.05, 0.1) is 12.1 Å². The Morgan fingerprint density at radius 1 is 0.825 bits per heavy atom. The number of carbonyl (C=O) groups is 2. The van der Waals surface area contributed by atoms with Crippen LogP contribution in [-0.2, 0) is 22.6 Å². The number of hydrogen-bond acceptors (Lipinski definition) is 4. The van der Waals surface area contributed by atoms with Crippen molar-refractivity contribution in [1.29, 1.82) is 0 Å². The van der Waals surface area contributed by atoms with Crippen LogP contribution in [0.15, 0.2) is 103 Å². The van der Waals surface area contributed by atoms with E-state index in [-0.39, 0.29) is 25.0 Å². The molecule has 4 aromatic rings. The normalized spacial score (nSPS) is 11.4. The Morgan fingerprint density at radius 3 is 2.15 bits per heavy atom. The maximum Gasteiger partial charge on any atom is 0.261 e. The van der Waals surface area contributed by atoms with E-state index in [1.165, 1.54) is 4.90 Å². The highest BCUT2D eigenvalue weighted by atomic mass is 35.5. The van der Waals surface area contributed by atoms with Crippen LogP contribution in [-0.4, -0.2) is 37.0 Å². The van der Waals surface area contributed by atoms with Gasteiger partial charge in [-0.2, -0.15) is 0 Å². The number of halogens is 2. The van der Waals surface area contributed by atoms with Gasteiger partial charge in [-0.1, -0.05) is 89.9 Å². The van der Waals surface area contributed by atoms with Crippen molar-refractivity contribution in [2.75, 3.05) is 20.3 Å². The van der Waals surface area contributed by atoms with E-state index in [4.69, 9.17) is 32.7 Å². The Bertz CT molecular complexity index is 1400. The molecule has 0 heterocycles. The second-order valence-electron chi connectivity index (χ2n) is 9.07. The molecule has 0 aliphatic rings. The monoisotopic (exact) mass is 576 g/mol. The highest BCUT2D eigenvalue weighted by Crippen LogP contribution is 2.27. The minimum Gasteiger partial charge on any atom is -0.497 e. The molecule has 1 atom stereocenters. The lowest BCUT2D eigenvalue weighted by Gasteiger charge is -2.31. The summed E-state index contributed by atoms with van der Waals surface area (Å²) >= 11 is 12.3. The minimum absolute atomic E-state index is 0.174. The molecule has 0 spiro atoms. The Balaban J connectivity index is 1.57. The number of rotatable bonds is 12. The van der Waals surface area contributed by atoms with Crippen molar-refractivity contribution in [1.82, 2.24) is 10.2 Å². The van der Waals surface area contributed by atoms with Crippen molar-refractivity contribution in [3.8, 4) is 11.5 Å². The Labute approximate surface area is 244 Å². The number of methoxy groups -OCH3 is 1. The molecular formula is C32H30Cl2N2O4. The molecule has 0 radical (unpaired) electrons. The fourth-order valence-electron chi connectivity index (χ4n) is 4.22. The topological polar surface area (TPSA) is 67.9 Å². The molecule has 4 rings (SSSR count). The SMILES string of the molecule is COc1ccc(CCNC(=O)C(c2ccccc2)N(Cc2ccc(Cl)cc2)C(=O)COc2ccccc2Cl)cc1. The molecule has 8 heteroatoms. The predicted molar refractivity (Wildman–Crippen MR) is 158 cm³/mol. The molecule has 0 bridgehead atoms. The van der Waals surface area contributed by atoms with Gasteiger partial charge in [0.25, 0.3) is 5.91 Å². The molecule has 1 N–H and O–H groups in total. The average Bonchev–Trinajstić information content (AvgIpc) is 2.98. The first-order valence-electron chi connectivity index (χ1n) is 12.8. The van der Waals surface area contributed by atoms with Crippen LogP contribution < -0.4 is 14.8 Å². The van der Waals surface area contributed by atoms with E-state index in [1.54, 1.807) is 43.5 Å². The van der Waals surface area contributed by atoms with Crippen molar-refractivity contribution in [3.63, 3.8) is 0 Å². The Hall–Kier alpha value is -4.00. The Morgan fingerprint density at radius 2 is 1.48 bits per heavy atom. The number of carbonyl (C=O) groups excluding carboxylic acids is 2. The lowest BCUT2D eigenvalue weighted by molar-refractivity contribution is -0.143. The van der Waals surface area contributed by atoms with Gasteiger partial charge in [-0.3, -0.25) is 9.59 Å². The fourth-order valence-corrected chi connectivity index (χ4v) is 4.54. The molecule has 206 valence electrons. The second-order valence-corrected chi connectivity index (χ2v) is 9.91. The van der Waals surface area contributed by atoms with E-state index in [9.17, 15) is 9.59 Å². The third kappa shape index (κ3) is 8.01. The van der Waals surface area contributed by atoms with Crippen molar-refractivity contribution in [2.24, 2.45) is 0 Å². The smallest absolute Gasteiger partial charge is 0.261 e. The summed E-state index contributed by atoms with van der Waals surface area (Å²) in [4.78, 5) is 29.0. The molecule has 0 aliphatic heterocycles. The number of nitrogens with zero attached hydrogens (tertiary/aromatic N) is 1. The van der Waals surface area contributed by atoms with Gasteiger partial charge in [-0.05, 0) is 59.5 Å². The predicted octanol–water partition coefficient (Wildman–Crippen LogP) is 6.51. The summed E-state index contributed by atoms with van der Waals surface area (Å²) in [7, 11) is 1.62. The van der Waals surface area contributed by atoms with Crippen molar-refractivity contribution in [2.45, 2.75) is 19.0 Å². The summed E-state index contributed by atoms with van der Waals surface area (Å²) in [6.45, 7) is 0.278. The van der Waals surface area contributed by atoms with E-state index in [0.717, 1.165) is 16.9 Å². The zero-order chi connectivity index (χ0) is 28.3. The molecule has 4 aromatic carbocycles. The number of hydrogen-bond donors (Lipinski definition) is 1. The fraction of sp³-hybridized carbons (Fsp3) is 0.188. The molecular weight excluding hydrogens is 547 g/mol. The van der Waals surface area contributed by atoms with Gasteiger partial charge >= 0.3 is 0 Å². The molecule has 0 fully saturated rings. The maximum absolute atomic E-state index is 13.7. The number of benzene rings is 4. The van der Waals surface area contributed by atoms with Crippen LogP contribution in [0.2, 0.25) is 10.0 Å². The van der Waals surface area contributed by atoms with Gasteiger partial charge in [0, 0.05) is 18.1 Å². The van der Waals surface area contributed by atoms with Gasteiger partial charge < -0.3 is 19.7 Å². The summed E-state index contributed by atoms with van der Waals surface area (Å²) in [6.07, 6.45) is 0.623. The highest BCUT2D eigenvalue weighted by molar-refractivity contribution is 6.32. The van der Waals surface area contributed by atoms with Crippen molar-refractivity contribution < 1.29 is 19.1 Å². The van der Waals surface area contributed by atoms with Gasteiger partial charge in [0.2, 0.25) is 5.91 Å². The number of amides is 2. The number of para-hydroxylation sites is 1. The first kappa shape index (κ1) is 29.0. The summed E-state index contributed by atoms with van der Waals surface area (Å²) in [5.41, 5.74) is 2.56. The highest BCUT2D eigenvalue weighted by Gasteiger charge is 2.31. The van der Waals surface area contributed by atoms with E-state index < -0.39 is 6.04 Å². The van der Waals surface area contributed by atoms with Crippen LogP contribution in [0.4, 0.5) is 0 Å². The molecule has 0 saturated heterocycles. The van der Waals surface area contributed by atoms with Crippen LogP contribution in [0.3, 0.4) is 0 Å². The molecule has 2 amide bonds. The summed E-state index contributed by atoms with van der Waals surface area (Å²) in [5.74, 6) is 0.505. The van der Waals surface area contributed by atoms with Gasteiger partial charge in [0.15, 0.2) is 6.61 Å².